The number of amides is 2. The van der Waals surface area contributed by atoms with E-state index in [4.69, 9.17) is 9.47 Å². The maximum Gasteiger partial charge on any atom is 0.451 e. The maximum atomic E-state index is 13.4. The fourth-order valence-electron chi connectivity index (χ4n) is 5.51. The van der Waals surface area contributed by atoms with Gasteiger partial charge in [-0.2, -0.15) is 13.2 Å². The number of benzene rings is 1. The minimum absolute atomic E-state index is 0.0120. The van der Waals surface area contributed by atoms with E-state index < -0.39 is 29.6 Å². The molecule has 2 saturated heterocycles. The number of carbonyl (C=O) groups is 2. The molecule has 2 aliphatic heterocycles. The van der Waals surface area contributed by atoms with Gasteiger partial charge >= 0.3 is 12.3 Å². The van der Waals surface area contributed by atoms with Crippen molar-refractivity contribution in [3.8, 4) is 16.3 Å². The van der Waals surface area contributed by atoms with Crippen molar-refractivity contribution >= 4 is 23.3 Å². The van der Waals surface area contributed by atoms with Crippen LogP contribution >= 0.6 is 11.3 Å². The van der Waals surface area contributed by atoms with Gasteiger partial charge in [0.2, 0.25) is 5.82 Å². The summed E-state index contributed by atoms with van der Waals surface area (Å²) in [6, 6.07) is 4.58. The van der Waals surface area contributed by atoms with Crippen LogP contribution in [0.25, 0.3) is 10.6 Å². The number of hydrogen-bond donors (Lipinski definition) is 1. The summed E-state index contributed by atoms with van der Waals surface area (Å²) in [4.78, 5) is 40.4. The van der Waals surface area contributed by atoms with Crippen molar-refractivity contribution < 1.29 is 32.2 Å². The molecule has 9 nitrogen and oxygen atoms in total. The van der Waals surface area contributed by atoms with Gasteiger partial charge in [0.05, 0.1) is 6.04 Å². The molecule has 2 bridgehead atoms. The molecule has 0 aliphatic carbocycles. The van der Waals surface area contributed by atoms with Crippen molar-refractivity contribution in [2.24, 2.45) is 0 Å². The SMILES string of the molecule is Cc1cnc(-c2cc(O[C@H]3C[C@H]4CC[C@@H](C3)N4C(=O)OC(C)(C)C)cc(C(=O)N[C@H](C)c3cnc(C(F)(F)F)nc3)c2)s1. The summed E-state index contributed by atoms with van der Waals surface area (Å²) in [5, 5.41) is 3.54. The van der Waals surface area contributed by atoms with Crippen LogP contribution in [0, 0.1) is 6.92 Å². The summed E-state index contributed by atoms with van der Waals surface area (Å²) >= 11 is 1.48. The molecule has 5 rings (SSSR count). The number of fused-ring (bicyclic) bond motifs is 2. The molecule has 0 spiro atoms. The van der Waals surface area contributed by atoms with E-state index in [2.05, 4.69) is 20.3 Å². The molecule has 4 heterocycles. The van der Waals surface area contributed by atoms with Crippen molar-refractivity contribution in [2.45, 2.75) is 96.3 Å². The van der Waals surface area contributed by atoms with Gasteiger partial charge in [0, 0.05) is 65.1 Å². The molecule has 230 valence electrons. The van der Waals surface area contributed by atoms with Crippen molar-refractivity contribution in [1.82, 2.24) is 25.2 Å². The van der Waals surface area contributed by atoms with Crippen molar-refractivity contribution in [1.29, 1.82) is 0 Å². The van der Waals surface area contributed by atoms with Gasteiger partial charge in [0.1, 0.15) is 22.5 Å². The second kappa shape index (κ2) is 11.7. The Morgan fingerprint density at radius 3 is 2.23 bits per heavy atom. The lowest BCUT2D eigenvalue weighted by molar-refractivity contribution is -0.145. The number of rotatable bonds is 6. The van der Waals surface area contributed by atoms with E-state index in [0.717, 1.165) is 35.1 Å². The first kappa shape index (κ1) is 30.7. The summed E-state index contributed by atoms with van der Waals surface area (Å²) in [5.41, 5.74) is 0.776. The van der Waals surface area contributed by atoms with Gasteiger partial charge < -0.3 is 19.7 Å². The maximum absolute atomic E-state index is 13.4. The zero-order valence-electron chi connectivity index (χ0n) is 24.6. The number of carbonyl (C=O) groups excluding carboxylic acids is 2. The molecule has 3 aromatic rings. The Morgan fingerprint density at radius 2 is 1.67 bits per heavy atom. The van der Waals surface area contributed by atoms with Crippen LogP contribution in [0.1, 0.15) is 86.0 Å². The van der Waals surface area contributed by atoms with Gasteiger partial charge in [-0.25, -0.2) is 19.7 Å². The van der Waals surface area contributed by atoms with E-state index in [1.807, 2.05) is 38.7 Å². The van der Waals surface area contributed by atoms with Crippen LogP contribution in [-0.4, -0.2) is 55.6 Å². The van der Waals surface area contributed by atoms with Crippen LogP contribution in [0.3, 0.4) is 0 Å². The van der Waals surface area contributed by atoms with Crippen LogP contribution in [0.5, 0.6) is 5.75 Å². The monoisotopic (exact) mass is 617 g/mol. The highest BCUT2D eigenvalue weighted by Crippen LogP contribution is 2.39. The molecular formula is C30H34F3N5O4S. The number of hydrogen-bond acceptors (Lipinski definition) is 8. The zero-order valence-corrected chi connectivity index (χ0v) is 25.4. The number of aryl methyl sites for hydroxylation is 1. The molecule has 0 radical (unpaired) electrons. The number of ether oxygens (including phenoxy) is 2. The fourth-order valence-corrected chi connectivity index (χ4v) is 6.26. The molecule has 2 amide bonds. The van der Waals surface area contributed by atoms with Gasteiger partial charge in [0.25, 0.3) is 5.91 Å². The molecule has 0 saturated carbocycles. The Morgan fingerprint density at radius 1 is 1.02 bits per heavy atom. The Balaban J connectivity index is 1.34. The van der Waals surface area contributed by atoms with E-state index in [1.54, 1.807) is 25.3 Å². The fraction of sp³-hybridized carbons (Fsp3) is 0.500. The first-order valence-corrected chi connectivity index (χ1v) is 14.9. The van der Waals surface area contributed by atoms with Crippen molar-refractivity contribution in [2.75, 3.05) is 0 Å². The second-order valence-corrected chi connectivity index (χ2v) is 13.3. The van der Waals surface area contributed by atoms with Gasteiger partial charge in [-0.15, -0.1) is 11.3 Å². The molecular weight excluding hydrogens is 583 g/mol. The van der Waals surface area contributed by atoms with Gasteiger partial charge in [0.15, 0.2) is 0 Å². The third kappa shape index (κ3) is 7.26. The highest BCUT2D eigenvalue weighted by atomic mass is 32.1. The van der Waals surface area contributed by atoms with Crippen molar-refractivity contribution in [3.05, 3.63) is 58.6 Å². The third-order valence-electron chi connectivity index (χ3n) is 7.41. The molecule has 2 fully saturated rings. The van der Waals surface area contributed by atoms with Crippen LogP contribution < -0.4 is 10.1 Å². The molecule has 0 unspecified atom stereocenters. The van der Waals surface area contributed by atoms with Gasteiger partial charge in [-0.3, -0.25) is 4.79 Å². The molecule has 43 heavy (non-hydrogen) atoms. The van der Waals surface area contributed by atoms with E-state index >= 15 is 0 Å². The summed E-state index contributed by atoms with van der Waals surface area (Å²) in [6.45, 7) is 9.14. The number of thiazole rings is 1. The third-order valence-corrected chi connectivity index (χ3v) is 8.37. The lowest BCUT2D eigenvalue weighted by atomic mass is 10.00. The summed E-state index contributed by atoms with van der Waals surface area (Å²) in [5.74, 6) is -1.18. The molecule has 1 aromatic carbocycles. The number of nitrogens with one attached hydrogen (secondary N) is 1. The topological polar surface area (TPSA) is 107 Å². The normalized spacial score (nSPS) is 20.9. The van der Waals surface area contributed by atoms with E-state index in [0.29, 0.717) is 35.3 Å². The Hall–Kier alpha value is -3.74. The lowest BCUT2D eigenvalue weighted by Gasteiger charge is -2.39. The standard InChI is InChI=1S/C30H34F3N5O4S/c1-16-13-34-26(43-16)19-8-18(25(39)37-17(2)20-14-35-27(36-15-20)30(31,32)33)9-23(10-19)41-24-11-21-6-7-22(12-24)38(21)28(40)42-29(3,4)5/h8-10,13-15,17,21-22,24H,6-7,11-12H2,1-5H3,(H,37,39)/t17-,21-,22+,24+/m1/s1. The Bertz CT molecular complexity index is 1470. The number of alkyl halides is 3. The predicted molar refractivity (Wildman–Crippen MR) is 154 cm³/mol. The summed E-state index contributed by atoms with van der Waals surface area (Å²) in [7, 11) is 0. The number of halogens is 3. The smallest absolute Gasteiger partial charge is 0.451 e. The summed E-state index contributed by atoms with van der Waals surface area (Å²) < 4.78 is 50.7. The second-order valence-electron chi connectivity index (χ2n) is 12.0. The first-order valence-electron chi connectivity index (χ1n) is 14.1. The van der Waals surface area contributed by atoms with Crippen LogP contribution in [0.4, 0.5) is 18.0 Å². The molecule has 1 N–H and O–H groups in total. The van der Waals surface area contributed by atoms with Crippen LogP contribution in [0.15, 0.2) is 36.8 Å². The molecule has 2 aromatic heterocycles. The average Bonchev–Trinajstić information content (AvgIpc) is 3.47. The van der Waals surface area contributed by atoms with E-state index in [1.165, 1.54) is 11.3 Å². The zero-order chi connectivity index (χ0) is 31.1. The first-order chi connectivity index (χ1) is 20.2. The van der Waals surface area contributed by atoms with E-state index in [9.17, 15) is 22.8 Å². The van der Waals surface area contributed by atoms with Gasteiger partial charge in [-0.05, 0) is 65.7 Å². The van der Waals surface area contributed by atoms with E-state index in [-0.39, 0.29) is 24.3 Å². The quantitative estimate of drug-likeness (QED) is 0.327. The highest BCUT2D eigenvalue weighted by molar-refractivity contribution is 7.14. The van der Waals surface area contributed by atoms with Crippen molar-refractivity contribution in [3.63, 3.8) is 0 Å². The Labute approximate surface area is 251 Å². The van der Waals surface area contributed by atoms with Crippen LogP contribution in [0.2, 0.25) is 0 Å². The number of aromatic nitrogens is 3. The number of piperidine rings is 1. The minimum atomic E-state index is -4.65. The average molecular weight is 618 g/mol. The Kier molecular flexibility index (Phi) is 8.39. The minimum Gasteiger partial charge on any atom is -0.490 e. The molecule has 13 heteroatoms. The van der Waals surface area contributed by atoms with Crippen LogP contribution in [-0.2, 0) is 10.9 Å². The molecule has 4 atom stereocenters. The predicted octanol–water partition coefficient (Wildman–Crippen LogP) is 6.73. The number of nitrogens with zero attached hydrogens (tertiary/aromatic N) is 4. The molecule has 2 aliphatic rings. The van der Waals surface area contributed by atoms with Gasteiger partial charge in [-0.1, -0.05) is 0 Å². The highest BCUT2D eigenvalue weighted by Gasteiger charge is 2.45. The summed E-state index contributed by atoms with van der Waals surface area (Å²) in [6.07, 6.45) is 1.79. The lowest BCUT2D eigenvalue weighted by Crippen LogP contribution is -2.50. The largest absolute Gasteiger partial charge is 0.490 e.